The van der Waals surface area contributed by atoms with Crippen molar-refractivity contribution < 1.29 is 22.9 Å². The van der Waals surface area contributed by atoms with E-state index in [9.17, 15) is 28.1 Å². The maximum Gasteiger partial charge on any atom is 0.418 e. The van der Waals surface area contributed by atoms with Crippen LogP contribution in [0.2, 0.25) is 0 Å². The van der Waals surface area contributed by atoms with Gasteiger partial charge in [-0.3, -0.25) is 14.9 Å². The number of carbonyl (C=O) groups excluding carboxylic acids is 1. The summed E-state index contributed by atoms with van der Waals surface area (Å²) in [6.45, 7) is 1.49. The number of hydrogen-bond donors (Lipinski definition) is 1. The van der Waals surface area contributed by atoms with Gasteiger partial charge < -0.3 is 9.88 Å². The summed E-state index contributed by atoms with van der Waals surface area (Å²) in [6, 6.07) is 2.14. The second-order valence-electron chi connectivity index (χ2n) is 4.96. The number of nitro groups is 1. The van der Waals surface area contributed by atoms with Gasteiger partial charge in [-0.15, -0.1) is 10.2 Å². The van der Waals surface area contributed by atoms with Crippen molar-refractivity contribution in [1.29, 1.82) is 0 Å². The Hall–Kier alpha value is -2.63. The first kappa shape index (κ1) is 18.7. The van der Waals surface area contributed by atoms with Crippen LogP contribution < -0.4 is 5.32 Å². The molecular formula is C13H12F3N5O3S. The maximum atomic E-state index is 13.1. The predicted octanol–water partition coefficient (Wildman–Crippen LogP) is 2.86. The van der Waals surface area contributed by atoms with Gasteiger partial charge in [-0.2, -0.15) is 13.2 Å². The molecule has 1 atom stereocenters. The molecule has 0 saturated heterocycles. The van der Waals surface area contributed by atoms with Crippen LogP contribution in [-0.4, -0.2) is 30.8 Å². The summed E-state index contributed by atoms with van der Waals surface area (Å²) in [7, 11) is 1.66. The number of nitrogens with zero attached hydrogens (tertiary/aromatic N) is 4. The standard InChI is InChI=1S/C13H12F3N5O3S/c1-7(25-12-19-17-6-20(12)2)11(22)18-10-4-3-8(21(23)24)5-9(10)13(14,15)16/h3-7H,1-2H3,(H,18,22). The second-order valence-corrected chi connectivity index (χ2v) is 6.27. The molecule has 0 bridgehead atoms. The van der Waals surface area contributed by atoms with Crippen molar-refractivity contribution in [2.24, 2.45) is 7.05 Å². The Labute approximate surface area is 143 Å². The number of nitrogens with one attached hydrogen (secondary N) is 1. The number of amides is 1. The van der Waals surface area contributed by atoms with Crippen molar-refractivity contribution in [1.82, 2.24) is 14.8 Å². The molecule has 1 heterocycles. The molecule has 0 saturated carbocycles. The van der Waals surface area contributed by atoms with Crippen molar-refractivity contribution >= 4 is 29.0 Å². The monoisotopic (exact) mass is 375 g/mol. The van der Waals surface area contributed by atoms with Crippen LogP contribution in [0.4, 0.5) is 24.5 Å². The predicted molar refractivity (Wildman–Crippen MR) is 83.1 cm³/mol. The minimum Gasteiger partial charge on any atom is -0.325 e. The molecule has 8 nitrogen and oxygen atoms in total. The molecule has 1 aromatic carbocycles. The molecule has 1 aromatic heterocycles. The van der Waals surface area contributed by atoms with Crippen LogP contribution in [-0.2, 0) is 18.0 Å². The van der Waals surface area contributed by atoms with Gasteiger partial charge in [0, 0.05) is 19.2 Å². The third-order valence-electron chi connectivity index (χ3n) is 3.10. The fourth-order valence-electron chi connectivity index (χ4n) is 1.81. The Balaban J connectivity index is 2.22. The van der Waals surface area contributed by atoms with Gasteiger partial charge in [-0.25, -0.2) is 0 Å². The van der Waals surface area contributed by atoms with Crippen LogP contribution in [0.5, 0.6) is 0 Å². The Morgan fingerprint density at radius 3 is 2.64 bits per heavy atom. The Morgan fingerprint density at radius 2 is 2.12 bits per heavy atom. The van der Waals surface area contributed by atoms with E-state index in [2.05, 4.69) is 15.5 Å². The van der Waals surface area contributed by atoms with E-state index in [0.29, 0.717) is 11.2 Å². The van der Waals surface area contributed by atoms with Crippen LogP contribution >= 0.6 is 11.8 Å². The molecule has 25 heavy (non-hydrogen) atoms. The molecule has 12 heteroatoms. The summed E-state index contributed by atoms with van der Waals surface area (Å²) >= 11 is 1.01. The van der Waals surface area contributed by atoms with E-state index in [1.165, 1.54) is 13.3 Å². The van der Waals surface area contributed by atoms with E-state index in [4.69, 9.17) is 0 Å². The zero-order chi connectivity index (χ0) is 18.8. The molecule has 0 aliphatic heterocycles. The van der Waals surface area contributed by atoms with Crippen molar-refractivity contribution in [2.75, 3.05) is 5.32 Å². The van der Waals surface area contributed by atoms with Gasteiger partial charge in [0.15, 0.2) is 5.16 Å². The maximum absolute atomic E-state index is 13.1. The number of hydrogen-bond acceptors (Lipinski definition) is 6. The van der Waals surface area contributed by atoms with Gasteiger partial charge >= 0.3 is 6.18 Å². The number of alkyl halides is 3. The number of aryl methyl sites for hydroxylation is 1. The molecule has 0 radical (unpaired) electrons. The number of non-ortho nitro benzene ring substituents is 1. The summed E-state index contributed by atoms with van der Waals surface area (Å²) in [4.78, 5) is 21.9. The summed E-state index contributed by atoms with van der Waals surface area (Å²) < 4.78 is 40.9. The molecule has 2 aromatic rings. The van der Waals surface area contributed by atoms with Crippen molar-refractivity contribution in [3.8, 4) is 0 Å². The van der Waals surface area contributed by atoms with Gasteiger partial charge in [-0.05, 0) is 13.0 Å². The van der Waals surface area contributed by atoms with Crippen LogP contribution in [0.15, 0.2) is 29.7 Å². The number of rotatable bonds is 5. The van der Waals surface area contributed by atoms with Gasteiger partial charge in [-0.1, -0.05) is 11.8 Å². The lowest BCUT2D eigenvalue weighted by atomic mass is 10.1. The number of aromatic nitrogens is 3. The molecule has 0 fully saturated rings. The van der Waals surface area contributed by atoms with E-state index in [-0.39, 0.29) is 0 Å². The van der Waals surface area contributed by atoms with E-state index in [1.54, 1.807) is 11.6 Å². The number of nitro benzene ring substituents is 1. The highest BCUT2D eigenvalue weighted by Gasteiger charge is 2.36. The fourth-order valence-corrected chi connectivity index (χ4v) is 2.60. The quantitative estimate of drug-likeness (QED) is 0.490. The average molecular weight is 375 g/mol. The van der Waals surface area contributed by atoms with Crippen LogP contribution in [0.1, 0.15) is 12.5 Å². The van der Waals surface area contributed by atoms with Crippen molar-refractivity contribution in [3.63, 3.8) is 0 Å². The second kappa shape index (κ2) is 7.09. The lowest BCUT2D eigenvalue weighted by Gasteiger charge is -2.16. The first-order valence-corrected chi connectivity index (χ1v) is 7.64. The van der Waals surface area contributed by atoms with Crippen LogP contribution in [0, 0.1) is 10.1 Å². The molecule has 0 aliphatic carbocycles. The third-order valence-corrected chi connectivity index (χ3v) is 4.25. The minimum absolute atomic E-state index is 0.385. The molecule has 0 aliphatic rings. The molecule has 0 spiro atoms. The lowest BCUT2D eigenvalue weighted by Crippen LogP contribution is -2.24. The van der Waals surface area contributed by atoms with E-state index in [0.717, 1.165) is 23.9 Å². The van der Waals surface area contributed by atoms with Crippen molar-refractivity contribution in [3.05, 3.63) is 40.2 Å². The normalized spacial score (nSPS) is 12.7. The average Bonchev–Trinajstić information content (AvgIpc) is 2.91. The van der Waals surface area contributed by atoms with Crippen LogP contribution in [0.25, 0.3) is 0 Å². The molecule has 1 amide bonds. The first-order chi connectivity index (χ1) is 11.6. The van der Waals surface area contributed by atoms with Gasteiger partial charge in [0.25, 0.3) is 5.69 Å². The Kier molecular flexibility index (Phi) is 5.30. The SMILES string of the molecule is CC(Sc1nncn1C)C(=O)Nc1ccc([N+](=O)[O-])cc1C(F)(F)F. The zero-order valence-corrected chi connectivity index (χ0v) is 13.8. The Morgan fingerprint density at radius 1 is 1.44 bits per heavy atom. The van der Waals surface area contributed by atoms with Gasteiger partial charge in [0.1, 0.15) is 6.33 Å². The third kappa shape index (κ3) is 4.47. The minimum atomic E-state index is -4.85. The highest BCUT2D eigenvalue weighted by Crippen LogP contribution is 2.37. The smallest absolute Gasteiger partial charge is 0.325 e. The zero-order valence-electron chi connectivity index (χ0n) is 12.9. The van der Waals surface area contributed by atoms with Gasteiger partial charge in [0.05, 0.1) is 21.4 Å². The number of halogens is 3. The molecule has 1 unspecified atom stereocenters. The highest BCUT2D eigenvalue weighted by molar-refractivity contribution is 8.00. The highest BCUT2D eigenvalue weighted by atomic mass is 32.2. The summed E-state index contributed by atoms with van der Waals surface area (Å²) in [5.74, 6) is -0.702. The molecule has 134 valence electrons. The van der Waals surface area contributed by atoms with E-state index in [1.807, 2.05) is 0 Å². The number of benzene rings is 1. The summed E-state index contributed by atoms with van der Waals surface area (Å²) in [5.41, 5.74) is -2.55. The number of thioether (sulfide) groups is 1. The number of anilines is 1. The summed E-state index contributed by atoms with van der Waals surface area (Å²) in [6.07, 6.45) is -3.43. The number of carbonyl (C=O) groups is 1. The van der Waals surface area contributed by atoms with E-state index >= 15 is 0 Å². The molecule has 2 rings (SSSR count). The fraction of sp³-hybridized carbons (Fsp3) is 0.308. The first-order valence-electron chi connectivity index (χ1n) is 6.76. The summed E-state index contributed by atoms with van der Waals surface area (Å²) in [5, 5.41) is 19.9. The van der Waals surface area contributed by atoms with Crippen molar-refractivity contribution in [2.45, 2.75) is 23.5 Å². The van der Waals surface area contributed by atoms with E-state index < -0.39 is 39.2 Å². The molecular weight excluding hydrogens is 363 g/mol. The molecule has 1 N–H and O–H groups in total. The Bertz CT molecular complexity index is 808. The van der Waals surface area contributed by atoms with Crippen LogP contribution in [0.3, 0.4) is 0 Å². The topological polar surface area (TPSA) is 103 Å². The van der Waals surface area contributed by atoms with Gasteiger partial charge in [0.2, 0.25) is 5.91 Å². The largest absolute Gasteiger partial charge is 0.418 e. The lowest BCUT2D eigenvalue weighted by molar-refractivity contribution is -0.385.